The van der Waals surface area contributed by atoms with Crippen LogP contribution in [0.3, 0.4) is 0 Å². The second kappa shape index (κ2) is 5.22. The highest BCUT2D eigenvalue weighted by atomic mass is 79.9. The lowest BCUT2D eigenvalue weighted by Crippen LogP contribution is -2.39. The lowest BCUT2D eigenvalue weighted by Gasteiger charge is -2.24. The summed E-state index contributed by atoms with van der Waals surface area (Å²) in [6.07, 6.45) is 2.43. The van der Waals surface area contributed by atoms with Gasteiger partial charge in [0, 0.05) is 17.4 Å². The van der Waals surface area contributed by atoms with Gasteiger partial charge in [0.25, 0.3) is 5.91 Å². The van der Waals surface area contributed by atoms with Gasteiger partial charge in [0.15, 0.2) is 0 Å². The first kappa shape index (κ1) is 13.3. The largest absolute Gasteiger partial charge is 0.281 e. The van der Waals surface area contributed by atoms with Crippen LogP contribution in [0.25, 0.3) is 0 Å². The summed E-state index contributed by atoms with van der Waals surface area (Å²) >= 11 is 3.63. The number of likely N-dealkylation sites (N-methyl/N-ethyl adjacent to an activating group) is 1. The standard InChI is InChI=1S/C14H16BrNO2/c1-3-4-12(15)10-6-5-9-8-13(17)16(2)14(18)11(9)7-10/h5-7,12H,3-4,8H2,1-2H3. The zero-order valence-corrected chi connectivity index (χ0v) is 12.2. The summed E-state index contributed by atoms with van der Waals surface area (Å²) in [5.74, 6) is -0.330. The van der Waals surface area contributed by atoms with Crippen LogP contribution in [0.4, 0.5) is 0 Å². The Kier molecular flexibility index (Phi) is 3.85. The van der Waals surface area contributed by atoms with E-state index in [1.807, 2.05) is 18.2 Å². The minimum Gasteiger partial charge on any atom is -0.281 e. The molecule has 0 fully saturated rings. The van der Waals surface area contributed by atoms with Crippen molar-refractivity contribution in [3.63, 3.8) is 0 Å². The fraction of sp³-hybridized carbons (Fsp3) is 0.429. The van der Waals surface area contributed by atoms with E-state index in [0.717, 1.165) is 24.0 Å². The molecule has 0 aromatic heterocycles. The van der Waals surface area contributed by atoms with Gasteiger partial charge in [0.1, 0.15) is 0 Å². The van der Waals surface area contributed by atoms with E-state index in [1.54, 1.807) is 0 Å². The zero-order valence-electron chi connectivity index (χ0n) is 10.6. The molecule has 1 aromatic carbocycles. The summed E-state index contributed by atoms with van der Waals surface area (Å²) in [5, 5.41) is 0. The number of hydrogen-bond acceptors (Lipinski definition) is 2. The first-order chi connectivity index (χ1) is 8.54. The SMILES string of the molecule is CCCC(Br)c1ccc2c(c1)C(=O)N(C)C(=O)C2. The van der Waals surface area contributed by atoms with Gasteiger partial charge in [-0.25, -0.2) is 0 Å². The van der Waals surface area contributed by atoms with Crippen molar-refractivity contribution in [3.8, 4) is 0 Å². The van der Waals surface area contributed by atoms with Crippen molar-refractivity contribution in [2.75, 3.05) is 7.05 Å². The number of fused-ring (bicyclic) bond motifs is 1. The molecule has 1 aromatic rings. The second-order valence-electron chi connectivity index (χ2n) is 4.61. The van der Waals surface area contributed by atoms with Crippen molar-refractivity contribution in [3.05, 3.63) is 34.9 Å². The maximum absolute atomic E-state index is 12.0. The molecule has 0 N–H and O–H groups in total. The van der Waals surface area contributed by atoms with Crippen LogP contribution in [0.1, 0.15) is 46.1 Å². The van der Waals surface area contributed by atoms with Gasteiger partial charge < -0.3 is 0 Å². The molecule has 1 aliphatic heterocycles. The Balaban J connectivity index is 2.37. The molecule has 4 heteroatoms. The molecule has 96 valence electrons. The lowest BCUT2D eigenvalue weighted by molar-refractivity contribution is -0.127. The smallest absolute Gasteiger partial charge is 0.260 e. The van der Waals surface area contributed by atoms with Crippen LogP contribution in [0.5, 0.6) is 0 Å². The minimum atomic E-state index is -0.195. The Morgan fingerprint density at radius 2 is 2.11 bits per heavy atom. The molecule has 0 saturated carbocycles. The molecule has 0 spiro atoms. The van der Waals surface area contributed by atoms with Gasteiger partial charge in [-0.2, -0.15) is 0 Å². The van der Waals surface area contributed by atoms with E-state index in [0.29, 0.717) is 12.0 Å². The molecule has 2 amide bonds. The number of halogens is 1. The normalized spacial score (nSPS) is 16.7. The van der Waals surface area contributed by atoms with Crippen molar-refractivity contribution in [1.29, 1.82) is 0 Å². The Labute approximate surface area is 115 Å². The molecule has 18 heavy (non-hydrogen) atoms. The molecule has 1 aliphatic rings. The van der Waals surface area contributed by atoms with E-state index >= 15 is 0 Å². The Morgan fingerprint density at radius 3 is 2.78 bits per heavy atom. The number of benzene rings is 1. The summed E-state index contributed by atoms with van der Waals surface area (Å²) in [7, 11) is 1.54. The van der Waals surface area contributed by atoms with E-state index in [2.05, 4.69) is 22.9 Å². The first-order valence-corrected chi connectivity index (χ1v) is 7.04. The van der Waals surface area contributed by atoms with Crippen molar-refractivity contribution < 1.29 is 9.59 Å². The van der Waals surface area contributed by atoms with Crippen LogP contribution < -0.4 is 0 Å². The van der Waals surface area contributed by atoms with E-state index < -0.39 is 0 Å². The molecule has 0 bridgehead atoms. The van der Waals surface area contributed by atoms with Crippen molar-refractivity contribution in [2.24, 2.45) is 0 Å². The van der Waals surface area contributed by atoms with Crippen LogP contribution in [0.15, 0.2) is 18.2 Å². The summed E-state index contributed by atoms with van der Waals surface area (Å²) in [6.45, 7) is 2.13. The summed E-state index contributed by atoms with van der Waals surface area (Å²) in [6, 6.07) is 5.81. The molecular weight excluding hydrogens is 294 g/mol. The third kappa shape index (κ3) is 2.34. The molecule has 1 heterocycles. The lowest BCUT2D eigenvalue weighted by atomic mass is 9.95. The minimum absolute atomic E-state index is 0.135. The molecule has 3 nitrogen and oxygen atoms in total. The van der Waals surface area contributed by atoms with Crippen LogP contribution >= 0.6 is 15.9 Å². The van der Waals surface area contributed by atoms with Crippen molar-refractivity contribution in [1.82, 2.24) is 4.90 Å². The Bertz CT molecular complexity index is 499. The van der Waals surface area contributed by atoms with Gasteiger partial charge in [0.05, 0.1) is 6.42 Å². The fourth-order valence-corrected chi connectivity index (χ4v) is 2.88. The highest BCUT2D eigenvalue weighted by molar-refractivity contribution is 9.09. The predicted octanol–water partition coefficient (Wildman–Crippen LogP) is 3.08. The average molecular weight is 310 g/mol. The van der Waals surface area contributed by atoms with Crippen molar-refractivity contribution >= 4 is 27.7 Å². The number of carbonyl (C=O) groups is 2. The third-order valence-corrected chi connectivity index (χ3v) is 4.28. The van der Waals surface area contributed by atoms with E-state index in [4.69, 9.17) is 0 Å². The number of hydrogen-bond donors (Lipinski definition) is 0. The fourth-order valence-electron chi connectivity index (χ4n) is 2.14. The summed E-state index contributed by atoms with van der Waals surface area (Å²) in [4.78, 5) is 25.1. The van der Waals surface area contributed by atoms with Gasteiger partial charge in [-0.3, -0.25) is 14.5 Å². The summed E-state index contributed by atoms with van der Waals surface area (Å²) in [5.41, 5.74) is 2.60. The molecule has 0 radical (unpaired) electrons. The van der Waals surface area contributed by atoms with Crippen molar-refractivity contribution in [2.45, 2.75) is 31.0 Å². The number of alkyl halides is 1. The molecule has 1 atom stereocenters. The predicted molar refractivity (Wildman–Crippen MR) is 73.8 cm³/mol. The van der Waals surface area contributed by atoms with E-state index in [9.17, 15) is 9.59 Å². The average Bonchev–Trinajstić information content (AvgIpc) is 2.36. The maximum atomic E-state index is 12.0. The highest BCUT2D eigenvalue weighted by Gasteiger charge is 2.28. The van der Waals surface area contributed by atoms with Gasteiger partial charge in [-0.15, -0.1) is 0 Å². The topological polar surface area (TPSA) is 37.4 Å². The quantitative estimate of drug-likeness (QED) is 0.635. The number of amides is 2. The van der Waals surface area contributed by atoms with Gasteiger partial charge >= 0.3 is 0 Å². The molecule has 0 aliphatic carbocycles. The summed E-state index contributed by atoms with van der Waals surface area (Å²) < 4.78 is 0. The van der Waals surface area contributed by atoms with Crippen LogP contribution in [0.2, 0.25) is 0 Å². The third-order valence-electron chi connectivity index (χ3n) is 3.29. The number of carbonyl (C=O) groups excluding carboxylic acids is 2. The Hall–Kier alpha value is -1.16. The monoisotopic (exact) mass is 309 g/mol. The Morgan fingerprint density at radius 1 is 1.39 bits per heavy atom. The van der Waals surface area contributed by atoms with E-state index in [-0.39, 0.29) is 16.6 Å². The molecule has 0 saturated heterocycles. The number of imide groups is 1. The first-order valence-electron chi connectivity index (χ1n) is 6.12. The molecule has 2 rings (SSSR count). The maximum Gasteiger partial charge on any atom is 0.260 e. The van der Waals surface area contributed by atoms with Gasteiger partial charge in [0.2, 0.25) is 5.91 Å². The van der Waals surface area contributed by atoms with Gasteiger partial charge in [-0.05, 0) is 23.6 Å². The highest BCUT2D eigenvalue weighted by Crippen LogP contribution is 2.30. The van der Waals surface area contributed by atoms with Gasteiger partial charge in [-0.1, -0.05) is 41.4 Å². The van der Waals surface area contributed by atoms with Crippen LogP contribution in [0, 0.1) is 0 Å². The van der Waals surface area contributed by atoms with Crippen LogP contribution in [-0.2, 0) is 11.2 Å². The zero-order chi connectivity index (χ0) is 13.3. The molecular formula is C14H16BrNO2. The number of nitrogens with zero attached hydrogens (tertiary/aromatic N) is 1. The van der Waals surface area contributed by atoms with E-state index in [1.165, 1.54) is 11.9 Å². The van der Waals surface area contributed by atoms with Crippen LogP contribution in [-0.4, -0.2) is 23.8 Å². The number of rotatable bonds is 3. The second-order valence-corrected chi connectivity index (χ2v) is 5.71. The molecule has 1 unspecified atom stereocenters.